The number of carbonyl (C=O) groups is 2. The fraction of sp³-hybridized carbons (Fsp3) is 0.455. The van der Waals surface area contributed by atoms with Crippen molar-refractivity contribution in [3.05, 3.63) is 23.7 Å². The van der Waals surface area contributed by atoms with E-state index in [9.17, 15) is 18.4 Å². The van der Waals surface area contributed by atoms with Crippen LogP contribution in [-0.4, -0.2) is 40.5 Å². The number of carbonyl (C=O) groups excluding carboxylic acids is 1. The number of hydrogen-bond acceptors (Lipinski definition) is 5. The summed E-state index contributed by atoms with van der Waals surface area (Å²) in [6, 6.07) is 1.40. The van der Waals surface area contributed by atoms with Gasteiger partial charge >= 0.3 is 5.97 Å². The third kappa shape index (κ3) is 5.17. The van der Waals surface area contributed by atoms with Gasteiger partial charge in [-0.15, -0.1) is 0 Å². The summed E-state index contributed by atoms with van der Waals surface area (Å²) in [4.78, 5) is 22.5. The van der Waals surface area contributed by atoms with E-state index in [1.165, 1.54) is 12.1 Å². The van der Waals surface area contributed by atoms with E-state index in [0.29, 0.717) is 11.8 Å². The van der Waals surface area contributed by atoms with Gasteiger partial charge in [-0.1, -0.05) is 11.8 Å². The number of halogens is 2. The van der Waals surface area contributed by atoms with Crippen LogP contribution in [0.5, 0.6) is 0 Å². The molecule has 0 aliphatic rings. The Bertz CT molecular complexity index is 465. The van der Waals surface area contributed by atoms with E-state index >= 15 is 0 Å². The first-order valence-electron chi connectivity index (χ1n) is 5.57. The maximum Gasteiger partial charge on any atom is 0.326 e. The molecule has 1 atom stereocenters. The largest absolute Gasteiger partial charge is 0.480 e. The van der Waals surface area contributed by atoms with E-state index in [0.717, 1.165) is 0 Å². The molecule has 9 heteroatoms. The molecule has 1 unspecified atom stereocenters. The molecule has 1 aromatic rings. The van der Waals surface area contributed by atoms with Gasteiger partial charge in [0.05, 0.1) is 5.75 Å². The molecule has 0 aromatic carbocycles. The summed E-state index contributed by atoms with van der Waals surface area (Å²) < 4.78 is 29.0. The molecular weight excluding hydrogens is 296 g/mol. The van der Waals surface area contributed by atoms with Crippen molar-refractivity contribution in [2.45, 2.75) is 24.0 Å². The van der Waals surface area contributed by atoms with Crippen molar-refractivity contribution in [1.29, 1.82) is 0 Å². The first-order chi connectivity index (χ1) is 9.43. The highest BCUT2D eigenvalue weighted by atomic mass is 32.2. The van der Waals surface area contributed by atoms with Crippen molar-refractivity contribution < 1.29 is 33.0 Å². The van der Waals surface area contributed by atoms with E-state index in [4.69, 9.17) is 14.6 Å². The Hall–Kier alpha value is -1.61. The van der Waals surface area contributed by atoms with Gasteiger partial charge in [0.15, 0.2) is 5.76 Å². The summed E-state index contributed by atoms with van der Waals surface area (Å²) in [6.07, 6.45) is -0.143. The molecule has 0 radical (unpaired) electrons. The van der Waals surface area contributed by atoms with E-state index in [1.807, 2.05) is 0 Å². The van der Waals surface area contributed by atoms with Gasteiger partial charge in [-0.25, -0.2) is 4.79 Å². The van der Waals surface area contributed by atoms with Crippen LogP contribution in [0.15, 0.2) is 16.5 Å². The fourth-order valence-corrected chi connectivity index (χ4v) is 1.78. The second kappa shape index (κ2) is 7.85. The van der Waals surface area contributed by atoms with Gasteiger partial charge in [0.2, 0.25) is 0 Å². The molecule has 0 saturated carbocycles. The molecular formula is C11H13F2NO5S. The Morgan fingerprint density at radius 3 is 2.65 bits per heavy atom. The number of alkyl halides is 2. The maximum atomic E-state index is 12.0. The minimum absolute atomic E-state index is 0.0933. The summed E-state index contributed by atoms with van der Waals surface area (Å²) in [5, 5.41) is 19.7. The van der Waals surface area contributed by atoms with Crippen LogP contribution >= 0.6 is 11.8 Å². The quantitative estimate of drug-likeness (QED) is 0.669. The molecule has 1 amide bonds. The monoisotopic (exact) mass is 309 g/mol. The molecule has 0 aliphatic heterocycles. The van der Waals surface area contributed by atoms with Crippen molar-refractivity contribution in [2.75, 3.05) is 6.61 Å². The van der Waals surface area contributed by atoms with E-state index in [1.54, 1.807) is 0 Å². The van der Waals surface area contributed by atoms with Gasteiger partial charge in [-0.2, -0.15) is 8.78 Å². The lowest BCUT2D eigenvalue weighted by molar-refractivity contribution is -0.139. The number of aliphatic hydroxyl groups is 1. The van der Waals surface area contributed by atoms with Crippen molar-refractivity contribution in [3.63, 3.8) is 0 Å². The Morgan fingerprint density at radius 2 is 2.10 bits per heavy atom. The van der Waals surface area contributed by atoms with Crippen LogP contribution in [0.3, 0.4) is 0 Å². The van der Waals surface area contributed by atoms with E-state index < -0.39 is 30.3 Å². The zero-order valence-corrected chi connectivity index (χ0v) is 11.0. The minimum atomic E-state index is -2.54. The fourth-order valence-electron chi connectivity index (χ4n) is 1.34. The molecule has 0 bridgehead atoms. The number of thioether (sulfide) groups is 1. The topological polar surface area (TPSA) is 99.8 Å². The SMILES string of the molecule is O=C(NC(CCO)C(=O)O)c1ccc(CSC(F)F)o1. The third-order valence-electron chi connectivity index (χ3n) is 2.26. The third-order valence-corrected chi connectivity index (χ3v) is 2.96. The molecule has 6 nitrogen and oxygen atoms in total. The zero-order chi connectivity index (χ0) is 15.1. The van der Waals surface area contributed by atoms with E-state index in [-0.39, 0.29) is 23.7 Å². The van der Waals surface area contributed by atoms with Gasteiger partial charge in [-0.3, -0.25) is 4.79 Å². The smallest absolute Gasteiger partial charge is 0.326 e. The second-order valence-corrected chi connectivity index (χ2v) is 4.69. The summed E-state index contributed by atoms with van der Waals surface area (Å²) >= 11 is 0.350. The number of aliphatic hydroxyl groups excluding tert-OH is 1. The van der Waals surface area contributed by atoms with Gasteiger partial charge in [-0.05, 0) is 12.1 Å². The van der Waals surface area contributed by atoms with Gasteiger partial charge in [0.25, 0.3) is 11.7 Å². The van der Waals surface area contributed by atoms with Crippen LogP contribution in [0.1, 0.15) is 22.7 Å². The predicted molar refractivity (Wildman–Crippen MR) is 66.6 cm³/mol. The first kappa shape index (κ1) is 16.4. The molecule has 1 aromatic heterocycles. The highest BCUT2D eigenvalue weighted by Gasteiger charge is 2.21. The van der Waals surface area contributed by atoms with Crippen LogP contribution in [-0.2, 0) is 10.5 Å². The zero-order valence-electron chi connectivity index (χ0n) is 10.2. The lowest BCUT2D eigenvalue weighted by atomic mass is 10.2. The van der Waals surface area contributed by atoms with Crippen molar-refractivity contribution in [3.8, 4) is 0 Å². The summed E-state index contributed by atoms with van der Waals surface area (Å²) in [7, 11) is 0. The van der Waals surface area contributed by atoms with Crippen molar-refractivity contribution in [2.24, 2.45) is 0 Å². The van der Waals surface area contributed by atoms with Crippen LogP contribution in [0.2, 0.25) is 0 Å². The maximum absolute atomic E-state index is 12.0. The number of carboxylic acids is 1. The average molecular weight is 309 g/mol. The van der Waals surface area contributed by atoms with Crippen LogP contribution in [0.25, 0.3) is 0 Å². The number of furan rings is 1. The number of carboxylic acid groups (broad SMARTS) is 1. The minimum Gasteiger partial charge on any atom is -0.480 e. The predicted octanol–water partition coefficient (Wildman–Crippen LogP) is 1.30. The standard InChI is InChI=1S/C11H13F2NO5S/c12-11(13)20-5-6-1-2-8(19-6)9(16)14-7(3-4-15)10(17)18/h1-2,7,11,15H,3-5H2,(H,14,16)(H,17,18). The second-order valence-electron chi connectivity index (χ2n) is 3.71. The molecule has 20 heavy (non-hydrogen) atoms. The lowest BCUT2D eigenvalue weighted by Gasteiger charge is -2.11. The van der Waals surface area contributed by atoms with Crippen LogP contribution < -0.4 is 5.32 Å². The molecule has 0 aliphatic carbocycles. The van der Waals surface area contributed by atoms with Gasteiger partial charge in [0, 0.05) is 13.0 Å². The summed E-state index contributed by atoms with van der Waals surface area (Å²) in [5.74, 6) is -4.68. The first-order valence-corrected chi connectivity index (χ1v) is 6.62. The molecule has 1 rings (SSSR count). The Kier molecular flexibility index (Phi) is 6.46. The van der Waals surface area contributed by atoms with Crippen LogP contribution in [0.4, 0.5) is 8.78 Å². The number of aliphatic carboxylic acids is 1. The molecule has 0 saturated heterocycles. The lowest BCUT2D eigenvalue weighted by Crippen LogP contribution is -2.41. The van der Waals surface area contributed by atoms with Crippen molar-refractivity contribution >= 4 is 23.6 Å². The Balaban J connectivity index is 2.60. The highest BCUT2D eigenvalue weighted by Crippen LogP contribution is 2.21. The Morgan fingerprint density at radius 1 is 1.40 bits per heavy atom. The summed E-state index contributed by atoms with van der Waals surface area (Å²) in [5.41, 5.74) is 0. The average Bonchev–Trinajstić information content (AvgIpc) is 2.84. The normalized spacial score (nSPS) is 12.4. The molecule has 0 fully saturated rings. The highest BCUT2D eigenvalue weighted by molar-refractivity contribution is 7.98. The van der Waals surface area contributed by atoms with Crippen LogP contribution in [0, 0.1) is 0 Å². The van der Waals surface area contributed by atoms with Crippen molar-refractivity contribution in [1.82, 2.24) is 5.32 Å². The number of nitrogens with one attached hydrogen (secondary N) is 1. The number of hydrogen-bond donors (Lipinski definition) is 3. The molecule has 3 N–H and O–H groups in total. The molecule has 0 spiro atoms. The molecule has 1 heterocycles. The molecule has 112 valence electrons. The van der Waals surface area contributed by atoms with Gasteiger partial charge in [0.1, 0.15) is 11.8 Å². The number of amides is 1. The summed E-state index contributed by atoms with van der Waals surface area (Å²) in [6.45, 7) is -0.397. The number of rotatable bonds is 8. The van der Waals surface area contributed by atoms with Gasteiger partial charge < -0.3 is 19.9 Å². The Labute approximate surface area is 117 Å². The van der Waals surface area contributed by atoms with E-state index in [2.05, 4.69) is 5.32 Å².